The summed E-state index contributed by atoms with van der Waals surface area (Å²) < 4.78 is 10.6. The third kappa shape index (κ3) is 4.07. The number of methoxy groups -OCH3 is 1. The SMILES string of the molecule is C=CCC1=C(C)C(OC(=O)[C@@H]2[C@@H](C=CC(=O)OC)C2(C)C)CC1=C(Cl)Cl. The Bertz CT molecular complexity index is 711. The van der Waals surface area contributed by atoms with Crippen LogP contribution in [0.3, 0.4) is 0 Å². The zero-order chi connectivity index (χ0) is 19.6. The molecule has 6 heteroatoms. The Hall–Kier alpha value is -1.52. The van der Waals surface area contributed by atoms with E-state index in [4.69, 9.17) is 27.9 Å². The van der Waals surface area contributed by atoms with Gasteiger partial charge < -0.3 is 9.47 Å². The minimum Gasteiger partial charge on any atom is -0.466 e. The Morgan fingerprint density at radius 1 is 1.35 bits per heavy atom. The summed E-state index contributed by atoms with van der Waals surface area (Å²) in [6.45, 7) is 9.63. The van der Waals surface area contributed by atoms with E-state index in [1.807, 2.05) is 20.8 Å². The van der Waals surface area contributed by atoms with Crippen molar-refractivity contribution in [2.24, 2.45) is 17.3 Å². The average molecular weight is 399 g/mol. The van der Waals surface area contributed by atoms with Crippen molar-refractivity contribution in [1.82, 2.24) is 0 Å². The molecule has 0 saturated heterocycles. The monoisotopic (exact) mass is 398 g/mol. The molecule has 0 aromatic heterocycles. The lowest BCUT2D eigenvalue weighted by molar-refractivity contribution is -0.149. The largest absolute Gasteiger partial charge is 0.466 e. The first kappa shape index (κ1) is 20.8. The van der Waals surface area contributed by atoms with Gasteiger partial charge in [-0.2, -0.15) is 0 Å². The summed E-state index contributed by atoms with van der Waals surface area (Å²) in [7, 11) is 1.32. The van der Waals surface area contributed by atoms with Crippen molar-refractivity contribution in [2.45, 2.75) is 39.7 Å². The van der Waals surface area contributed by atoms with Crippen molar-refractivity contribution in [2.75, 3.05) is 7.11 Å². The van der Waals surface area contributed by atoms with Gasteiger partial charge in [0.15, 0.2) is 0 Å². The van der Waals surface area contributed by atoms with Gasteiger partial charge in [-0.05, 0) is 41.4 Å². The Morgan fingerprint density at radius 2 is 2.00 bits per heavy atom. The third-order valence-electron chi connectivity index (χ3n) is 5.35. The predicted octanol–water partition coefficient (Wildman–Crippen LogP) is 4.89. The van der Waals surface area contributed by atoms with Crippen molar-refractivity contribution >= 4 is 35.1 Å². The summed E-state index contributed by atoms with van der Waals surface area (Å²) in [6.07, 6.45) is 5.57. The fourth-order valence-corrected chi connectivity index (χ4v) is 3.98. The molecule has 1 saturated carbocycles. The summed E-state index contributed by atoms with van der Waals surface area (Å²) in [5.74, 6) is -1.06. The smallest absolute Gasteiger partial charge is 0.330 e. The van der Waals surface area contributed by atoms with Gasteiger partial charge in [-0.1, -0.05) is 49.2 Å². The van der Waals surface area contributed by atoms with Crippen LogP contribution in [-0.2, 0) is 19.1 Å². The molecule has 0 heterocycles. The van der Waals surface area contributed by atoms with Crippen molar-refractivity contribution in [3.8, 4) is 0 Å². The summed E-state index contributed by atoms with van der Waals surface area (Å²) in [6, 6.07) is 0. The second kappa shape index (κ2) is 8.01. The lowest BCUT2D eigenvalue weighted by Crippen LogP contribution is -2.20. The Balaban J connectivity index is 2.11. The van der Waals surface area contributed by atoms with Crippen LogP contribution in [0.4, 0.5) is 0 Å². The highest BCUT2D eigenvalue weighted by Gasteiger charge is 2.61. The minimum absolute atomic E-state index is 0.0564. The highest BCUT2D eigenvalue weighted by atomic mass is 35.5. The van der Waals surface area contributed by atoms with Gasteiger partial charge in [-0.3, -0.25) is 4.79 Å². The van der Waals surface area contributed by atoms with Crippen molar-refractivity contribution in [3.05, 3.63) is 46.0 Å². The molecule has 0 aromatic carbocycles. The molecular formula is C20H24Cl2O4. The molecule has 0 bridgehead atoms. The highest BCUT2D eigenvalue weighted by Crippen LogP contribution is 2.59. The number of hydrogen-bond acceptors (Lipinski definition) is 4. The Labute approximate surface area is 164 Å². The molecule has 0 N–H and O–H groups in total. The first-order chi connectivity index (χ1) is 12.1. The van der Waals surface area contributed by atoms with Crippen molar-refractivity contribution in [1.29, 1.82) is 0 Å². The fraction of sp³-hybridized carbons (Fsp3) is 0.500. The number of ether oxygens (including phenoxy) is 2. The number of carbonyl (C=O) groups excluding carboxylic acids is 2. The molecule has 1 unspecified atom stereocenters. The van der Waals surface area contributed by atoms with Gasteiger partial charge in [0, 0.05) is 12.5 Å². The second-order valence-corrected chi connectivity index (χ2v) is 8.18. The van der Waals surface area contributed by atoms with Gasteiger partial charge >= 0.3 is 11.9 Å². The maximum absolute atomic E-state index is 12.7. The predicted molar refractivity (Wildman–Crippen MR) is 103 cm³/mol. The first-order valence-electron chi connectivity index (χ1n) is 8.46. The zero-order valence-electron chi connectivity index (χ0n) is 15.5. The number of halogens is 2. The van der Waals surface area contributed by atoms with Crippen LogP contribution in [0.5, 0.6) is 0 Å². The molecule has 4 nitrogen and oxygen atoms in total. The highest BCUT2D eigenvalue weighted by molar-refractivity contribution is 6.56. The summed E-state index contributed by atoms with van der Waals surface area (Å²) >= 11 is 12.0. The summed E-state index contributed by atoms with van der Waals surface area (Å²) in [4.78, 5) is 24.0. The lowest BCUT2D eigenvalue weighted by Gasteiger charge is -2.14. The molecule has 142 valence electrons. The van der Waals surface area contributed by atoms with E-state index in [0.717, 1.165) is 16.7 Å². The van der Waals surface area contributed by atoms with Gasteiger partial charge in [0.1, 0.15) is 10.6 Å². The molecule has 0 spiro atoms. The molecule has 2 rings (SSSR count). The van der Waals surface area contributed by atoms with Crippen LogP contribution < -0.4 is 0 Å². The molecule has 1 fully saturated rings. The van der Waals surface area contributed by atoms with E-state index in [1.165, 1.54) is 13.2 Å². The third-order valence-corrected chi connectivity index (χ3v) is 5.81. The minimum atomic E-state index is -0.435. The van der Waals surface area contributed by atoms with E-state index in [9.17, 15) is 9.59 Å². The Kier molecular flexibility index (Phi) is 6.41. The molecule has 26 heavy (non-hydrogen) atoms. The summed E-state index contributed by atoms with van der Waals surface area (Å²) in [5, 5.41) is 0. The maximum atomic E-state index is 12.7. The number of rotatable bonds is 6. The Morgan fingerprint density at radius 3 is 2.54 bits per heavy atom. The van der Waals surface area contributed by atoms with Crippen molar-refractivity contribution < 1.29 is 19.1 Å². The van der Waals surface area contributed by atoms with Crippen LogP contribution in [-0.4, -0.2) is 25.2 Å². The van der Waals surface area contributed by atoms with Gasteiger partial charge in [0.2, 0.25) is 0 Å². The van der Waals surface area contributed by atoms with E-state index in [2.05, 4.69) is 11.3 Å². The van der Waals surface area contributed by atoms with E-state index in [-0.39, 0.29) is 33.8 Å². The van der Waals surface area contributed by atoms with Crippen LogP contribution in [0, 0.1) is 17.3 Å². The van der Waals surface area contributed by atoms with Crippen LogP contribution in [0.15, 0.2) is 46.0 Å². The van der Waals surface area contributed by atoms with Gasteiger partial charge in [-0.25, -0.2) is 4.79 Å². The molecule has 0 aromatic rings. The van der Waals surface area contributed by atoms with Gasteiger partial charge in [0.25, 0.3) is 0 Å². The molecular weight excluding hydrogens is 375 g/mol. The number of esters is 2. The van der Waals surface area contributed by atoms with Crippen LogP contribution in [0.25, 0.3) is 0 Å². The zero-order valence-corrected chi connectivity index (χ0v) is 17.0. The normalized spacial score (nSPS) is 26.8. The van der Waals surface area contributed by atoms with Crippen LogP contribution >= 0.6 is 23.2 Å². The summed E-state index contributed by atoms with van der Waals surface area (Å²) in [5.41, 5.74) is 2.48. The van der Waals surface area contributed by atoms with E-state index >= 15 is 0 Å². The first-order valence-corrected chi connectivity index (χ1v) is 9.22. The molecule has 3 atom stereocenters. The van der Waals surface area contributed by atoms with Gasteiger partial charge in [-0.15, -0.1) is 6.58 Å². The lowest BCUT2D eigenvalue weighted by atomic mass is 10.1. The van der Waals surface area contributed by atoms with Crippen LogP contribution in [0.2, 0.25) is 0 Å². The topological polar surface area (TPSA) is 52.6 Å². The molecule has 0 amide bonds. The van der Waals surface area contributed by atoms with E-state index in [1.54, 1.807) is 12.2 Å². The average Bonchev–Trinajstić information content (AvgIpc) is 3.00. The van der Waals surface area contributed by atoms with Crippen molar-refractivity contribution in [3.63, 3.8) is 0 Å². The van der Waals surface area contributed by atoms with Crippen LogP contribution in [0.1, 0.15) is 33.6 Å². The quantitative estimate of drug-likeness (QED) is 0.363. The number of hydrogen-bond donors (Lipinski definition) is 0. The molecule has 2 aliphatic carbocycles. The van der Waals surface area contributed by atoms with E-state index in [0.29, 0.717) is 12.8 Å². The van der Waals surface area contributed by atoms with Gasteiger partial charge in [0.05, 0.1) is 13.0 Å². The second-order valence-electron chi connectivity index (χ2n) is 7.23. The molecule has 0 radical (unpaired) electrons. The molecule has 2 aliphatic rings. The molecule has 0 aliphatic heterocycles. The number of allylic oxidation sites excluding steroid dienone is 3. The fourth-order valence-electron chi connectivity index (χ4n) is 3.59. The standard InChI is InChI=1S/C20H24Cl2O4/c1-6-7-12-11(2)15(10-13(12)18(21)22)26-19(24)17-14(20(17,3)4)8-9-16(23)25-5/h6,8-9,14-15,17H,1,7,10H2,2-5H3/t14-,15?,17+/m1/s1. The maximum Gasteiger partial charge on any atom is 0.330 e. The van der Waals surface area contributed by atoms with E-state index < -0.39 is 5.97 Å². The number of carbonyl (C=O) groups is 2.